The van der Waals surface area contributed by atoms with Crippen molar-refractivity contribution in [1.82, 2.24) is 0 Å². The van der Waals surface area contributed by atoms with Crippen molar-refractivity contribution >= 4 is 5.57 Å². The van der Waals surface area contributed by atoms with E-state index in [9.17, 15) is 0 Å². The third-order valence-corrected chi connectivity index (χ3v) is 3.73. The lowest BCUT2D eigenvalue weighted by molar-refractivity contribution is 0.131. The Hall–Kier alpha value is -1.34. The summed E-state index contributed by atoms with van der Waals surface area (Å²) in [6.45, 7) is 2.19. The van der Waals surface area contributed by atoms with Crippen LogP contribution in [0.1, 0.15) is 23.6 Å². The summed E-state index contributed by atoms with van der Waals surface area (Å²) < 4.78 is 5.56. The minimum Gasteiger partial charge on any atom is -0.377 e. The summed E-state index contributed by atoms with van der Waals surface area (Å²) in [6.07, 6.45) is 6.84. The zero-order valence-electron chi connectivity index (χ0n) is 9.79. The lowest BCUT2D eigenvalue weighted by Gasteiger charge is -2.30. The predicted molar refractivity (Wildman–Crippen MR) is 66.4 cm³/mol. The zero-order valence-corrected chi connectivity index (χ0v) is 9.79. The maximum Gasteiger partial charge on any atom is 0.0828 e. The van der Waals surface area contributed by atoms with Crippen molar-refractivity contribution in [2.24, 2.45) is 0 Å². The van der Waals surface area contributed by atoms with Crippen LogP contribution in [0.4, 0.5) is 0 Å². The Kier molecular flexibility index (Phi) is 2.22. The molecule has 0 amide bonds. The van der Waals surface area contributed by atoms with Gasteiger partial charge in [-0.05, 0) is 41.2 Å². The maximum absolute atomic E-state index is 5.56. The number of hydrogen-bond donors (Lipinski definition) is 0. The maximum atomic E-state index is 5.56. The summed E-state index contributed by atoms with van der Waals surface area (Å²) in [6, 6.07) is 6.64. The first kappa shape index (κ1) is 9.86. The third kappa shape index (κ3) is 1.28. The fraction of sp³-hybridized carbons (Fsp3) is 0.333. The molecule has 1 heteroatoms. The highest BCUT2D eigenvalue weighted by Gasteiger charge is 2.26. The molecule has 2 aliphatic carbocycles. The van der Waals surface area contributed by atoms with Crippen molar-refractivity contribution in [1.29, 1.82) is 0 Å². The Labute approximate surface area is 96.4 Å². The van der Waals surface area contributed by atoms with Crippen LogP contribution in [-0.2, 0) is 17.6 Å². The standard InChI is InChI=1S/C15H16O/c1-10-13-8-4-6-11-5-3-7-12(15(11)13)9-14(10)16-2/h3-5,7-8,14H,6,9H2,1-2H3. The molecule has 82 valence electrons. The fourth-order valence-corrected chi connectivity index (χ4v) is 2.84. The number of allylic oxidation sites excluding steroid dienone is 3. The molecule has 1 aromatic rings. The summed E-state index contributed by atoms with van der Waals surface area (Å²) in [7, 11) is 1.80. The molecule has 0 fully saturated rings. The first-order valence-electron chi connectivity index (χ1n) is 5.82. The molecule has 1 unspecified atom stereocenters. The quantitative estimate of drug-likeness (QED) is 0.695. The Bertz CT molecular complexity index is 494. The molecule has 0 bridgehead atoms. The van der Waals surface area contributed by atoms with Crippen molar-refractivity contribution < 1.29 is 4.74 Å². The molecule has 0 aromatic heterocycles. The molecule has 0 aliphatic heterocycles. The van der Waals surface area contributed by atoms with Crippen LogP contribution in [0.2, 0.25) is 0 Å². The summed E-state index contributed by atoms with van der Waals surface area (Å²) in [5, 5.41) is 0. The molecule has 3 rings (SSSR count). The van der Waals surface area contributed by atoms with E-state index in [1.54, 1.807) is 7.11 Å². The molecule has 1 aromatic carbocycles. The number of benzene rings is 1. The molecule has 0 N–H and O–H groups in total. The van der Waals surface area contributed by atoms with Crippen LogP contribution in [-0.4, -0.2) is 13.2 Å². The van der Waals surface area contributed by atoms with E-state index in [1.807, 2.05) is 0 Å². The summed E-state index contributed by atoms with van der Waals surface area (Å²) >= 11 is 0. The first-order valence-corrected chi connectivity index (χ1v) is 5.82. The predicted octanol–water partition coefficient (Wildman–Crippen LogP) is 3.14. The second-order valence-electron chi connectivity index (χ2n) is 4.58. The zero-order chi connectivity index (χ0) is 11.1. The minimum absolute atomic E-state index is 0.250. The largest absolute Gasteiger partial charge is 0.377 e. The molecule has 0 radical (unpaired) electrons. The van der Waals surface area contributed by atoms with Gasteiger partial charge in [0.05, 0.1) is 6.10 Å². The summed E-state index contributed by atoms with van der Waals surface area (Å²) in [5.41, 5.74) is 7.13. The highest BCUT2D eigenvalue weighted by molar-refractivity contribution is 5.84. The van der Waals surface area contributed by atoms with Crippen LogP contribution in [0, 0.1) is 0 Å². The molecule has 1 nitrogen and oxygen atoms in total. The van der Waals surface area contributed by atoms with Crippen LogP contribution in [0.5, 0.6) is 0 Å². The molecule has 1 atom stereocenters. The Morgan fingerprint density at radius 1 is 1.25 bits per heavy atom. The van der Waals surface area contributed by atoms with Gasteiger partial charge >= 0.3 is 0 Å². The van der Waals surface area contributed by atoms with E-state index in [4.69, 9.17) is 4.74 Å². The van der Waals surface area contributed by atoms with Crippen molar-refractivity contribution in [2.45, 2.75) is 25.9 Å². The fourth-order valence-electron chi connectivity index (χ4n) is 2.84. The van der Waals surface area contributed by atoms with E-state index in [-0.39, 0.29) is 6.10 Å². The van der Waals surface area contributed by atoms with Crippen molar-refractivity contribution in [3.05, 3.63) is 52.6 Å². The number of rotatable bonds is 1. The van der Waals surface area contributed by atoms with Gasteiger partial charge in [-0.3, -0.25) is 0 Å². The van der Waals surface area contributed by atoms with Crippen LogP contribution in [0.15, 0.2) is 35.9 Å². The molecule has 2 aliphatic rings. The van der Waals surface area contributed by atoms with Crippen LogP contribution in [0.3, 0.4) is 0 Å². The Balaban J connectivity index is 2.26. The van der Waals surface area contributed by atoms with Gasteiger partial charge in [-0.15, -0.1) is 0 Å². The average molecular weight is 212 g/mol. The van der Waals surface area contributed by atoms with E-state index < -0.39 is 0 Å². The van der Waals surface area contributed by atoms with Gasteiger partial charge in [0, 0.05) is 13.5 Å². The second-order valence-corrected chi connectivity index (χ2v) is 4.58. The van der Waals surface area contributed by atoms with Crippen molar-refractivity contribution in [3.63, 3.8) is 0 Å². The van der Waals surface area contributed by atoms with Crippen molar-refractivity contribution in [2.75, 3.05) is 7.11 Å². The average Bonchev–Trinajstić information content (AvgIpc) is 2.33. The number of hydrogen-bond acceptors (Lipinski definition) is 1. The van der Waals surface area contributed by atoms with Crippen LogP contribution >= 0.6 is 0 Å². The van der Waals surface area contributed by atoms with Crippen LogP contribution in [0.25, 0.3) is 5.57 Å². The van der Waals surface area contributed by atoms with E-state index in [1.165, 1.54) is 27.8 Å². The lowest BCUT2D eigenvalue weighted by Crippen LogP contribution is -2.23. The molecule has 0 heterocycles. The summed E-state index contributed by atoms with van der Waals surface area (Å²) in [5.74, 6) is 0. The van der Waals surface area contributed by atoms with Gasteiger partial charge in [0.1, 0.15) is 0 Å². The molecular formula is C15H16O. The third-order valence-electron chi connectivity index (χ3n) is 3.73. The van der Waals surface area contributed by atoms with Gasteiger partial charge in [-0.2, -0.15) is 0 Å². The van der Waals surface area contributed by atoms with Gasteiger partial charge in [0.2, 0.25) is 0 Å². The van der Waals surface area contributed by atoms with Gasteiger partial charge in [-0.1, -0.05) is 30.4 Å². The molecule has 16 heavy (non-hydrogen) atoms. The van der Waals surface area contributed by atoms with E-state index >= 15 is 0 Å². The molecular weight excluding hydrogens is 196 g/mol. The summed E-state index contributed by atoms with van der Waals surface area (Å²) in [4.78, 5) is 0. The van der Waals surface area contributed by atoms with E-state index in [2.05, 4.69) is 37.3 Å². The van der Waals surface area contributed by atoms with E-state index in [0.717, 1.165) is 12.8 Å². The monoisotopic (exact) mass is 212 g/mol. The van der Waals surface area contributed by atoms with Crippen molar-refractivity contribution in [3.8, 4) is 0 Å². The SMILES string of the molecule is COC1Cc2cccc3c2C(=C1C)C=CC3. The number of methoxy groups -OCH3 is 1. The van der Waals surface area contributed by atoms with Gasteiger partial charge in [-0.25, -0.2) is 0 Å². The van der Waals surface area contributed by atoms with E-state index in [0.29, 0.717) is 0 Å². The Morgan fingerprint density at radius 3 is 2.88 bits per heavy atom. The van der Waals surface area contributed by atoms with Gasteiger partial charge in [0.15, 0.2) is 0 Å². The molecule has 0 saturated heterocycles. The highest BCUT2D eigenvalue weighted by atomic mass is 16.5. The molecule has 0 saturated carbocycles. The van der Waals surface area contributed by atoms with Crippen LogP contribution < -0.4 is 0 Å². The molecule has 0 spiro atoms. The van der Waals surface area contributed by atoms with Gasteiger partial charge < -0.3 is 4.74 Å². The first-order chi connectivity index (χ1) is 7.81. The Morgan fingerprint density at radius 2 is 2.06 bits per heavy atom. The van der Waals surface area contributed by atoms with Gasteiger partial charge in [0.25, 0.3) is 0 Å². The normalized spacial score (nSPS) is 22.2. The lowest BCUT2D eigenvalue weighted by atomic mass is 9.79. The smallest absolute Gasteiger partial charge is 0.0828 e. The highest BCUT2D eigenvalue weighted by Crippen LogP contribution is 2.38. The topological polar surface area (TPSA) is 9.23 Å². The minimum atomic E-state index is 0.250. The number of ether oxygens (including phenoxy) is 1. The second kappa shape index (κ2) is 3.60.